The van der Waals surface area contributed by atoms with E-state index in [1.54, 1.807) is 11.8 Å². The molecule has 1 aromatic rings. The average Bonchev–Trinajstić information content (AvgIpc) is 2.84. The zero-order valence-corrected chi connectivity index (χ0v) is 15.2. The predicted molar refractivity (Wildman–Crippen MR) is 105 cm³/mol. The molecule has 1 heterocycles. The monoisotopic (exact) mass is 336 g/mol. The Kier molecular flexibility index (Phi) is 5.20. The van der Waals surface area contributed by atoms with Gasteiger partial charge in [-0.25, -0.2) is 0 Å². The minimum atomic E-state index is 0.549. The van der Waals surface area contributed by atoms with Crippen LogP contribution in [0.25, 0.3) is 0 Å². The van der Waals surface area contributed by atoms with Gasteiger partial charge in [0.05, 0.1) is 11.4 Å². The summed E-state index contributed by atoms with van der Waals surface area (Å²) in [5.41, 5.74) is 5.85. The van der Waals surface area contributed by atoms with Crippen molar-refractivity contribution in [3.05, 3.63) is 68.5 Å². The van der Waals surface area contributed by atoms with Crippen molar-refractivity contribution >= 4 is 23.2 Å². The van der Waals surface area contributed by atoms with Crippen molar-refractivity contribution < 1.29 is 0 Å². The molecule has 3 rings (SSSR count). The van der Waals surface area contributed by atoms with E-state index in [-0.39, 0.29) is 0 Å². The van der Waals surface area contributed by atoms with E-state index in [1.165, 1.54) is 16.0 Å². The van der Waals surface area contributed by atoms with Gasteiger partial charge in [0.1, 0.15) is 0 Å². The molecule has 0 saturated heterocycles. The number of nitrogens with one attached hydrogen (secondary N) is 2. The lowest BCUT2D eigenvalue weighted by Crippen LogP contribution is -2.06. The Hall–Kier alpha value is -1.87. The normalized spacial score (nSPS) is 20.3. The molecular weight excluding hydrogens is 312 g/mol. The number of hydrogen-bond acceptors (Lipinski definition) is 3. The third-order valence-electron chi connectivity index (χ3n) is 4.80. The molecule has 0 unspecified atom stereocenters. The molecule has 0 bridgehead atoms. The Morgan fingerprint density at radius 1 is 1.12 bits per heavy atom. The van der Waals surface area contributed by atoms with Crippen LogP contribution in [0.3, 0.4) is 0 Å². The van der Waals surface area contributed by atoms with Crippen LogP contribution in [0.5, 0.6) is 0 Å². The SMILES string of the molecule is CC1=C(C)SC(C(=N)/C=C2/CCCc3ccccc3C2=N)=CCC1. The van der Waals surface area contributed by atoms with Crippen molar-refractivity contribution in [2.24, 2.45) is 0 Å². The van der Waals surface area contributed by atoms with Gasteiger partial charge < -0.3 is 0 Å². The molecule has 1 aliphatic carbocycles. The molecule has 2 aliphatic rings. The second-order valence-corrected chi connectivity index (χ2v) is 7.77. The first-order valence-corrected chi connectivity index (χ1v) is 9.39. The van der Waals surface area contributed by atoms with Crippen LogP contribution in [0.1, 0.15) is 50.7 Å². The minimum absolute atomic E-state index is 0.549. The molecule has 1 aliphatic heterocycles. The molecule has 0 saturated carbocycles. The van der Waals surface area contributed by atoms with Gasteiger partial charge in [-0.15, -0.1) is 0 Å². The van der Waals surface area contributed by atoms with Crippen molar-refractivity contribution in [1.82, 2.24) is 0 Å². The number of hydrogen-bond donors (Lipinski definition) is 2. The van der Waals surface area contributed by atoms with Crippen molar-refractivity contribution in [2.45, 2.75) is 46.0 Å². The van der Waals surface area contributed by atoms with Gasteiger partial charge in [0.2, 0.25) is 0 Å². The Labute approximate surface area is 148 Å². The topological polar surface area (TPSA) is 47.7 Å². The summed E-state index contributed by atoms with van der Waals surface area (Å²) >= 11 is 1.71. The summed E-state index contributed by atoms with van der Waals surface area (Å²) in [4.78, 5) is 2.34. The second-order valence-electron chi connectivity index (χ2n) is 6.51. The van der Waals surface area contributed by atoms with Crippen LogP contribution in [-0.4, -0.2) is 11.4 Å². The summed E-state index contributed by atoms with van der Waals surface area (Å²) in [5, 5.41) is 17.1. The van der Waals surface area contributed by atoms with Crippen LogP contribution < -0.4 is 0 Å². The molecule has 1 aromatic carbocycles. The van der Waals surface area contributed by atoms with Gasteiger partial charge in [-0.3, -0.25) is 10.8 Å². The molecule has 124 valence electrons. The number of allylic oxidation sites excluding steroid dienone is 6. The molecule has 0 spiro atoms. The standard InChI is InChI=1S/C21H24N2S/c1-14-7-5-12-20(24-15(14)2)19(22)13-17-10-6-9-16-8-3-4-11-18(16)21(17)23/h3-4,8,11-13,22-23H,5-7,9-10H2,1-2H3/b17-13-,22-19?,23-21?. The van der Waals surface area contributed by atoms with Crippen molar-refractivity contribution in [3.63, 3.8) is 0 Å². The third-order valence-corrected chi connectivity index (χ3v) is 6.06. The molecule has 2 N–H and O–H groups in total. The zero-order valence-electron chi connectivity index (χ0n) is 14.4. The summed E-state index contributed by atoms with van der Waals surface area (Å²) in [6.07, 6.45) is 9.12. The Bertz CT molecular complexity index is 781. The van der Waals surface area contributed by atoms with Crippen LogP contribution in [0.4, 0.5) is 0 Å². The minimum Gasteiger partial charge on any atom is -0.300 e. The van der Waals surface area contributed by atoms with Crippen molar-refractivity contribution in [3.8, 4) is 0 Å². The summed E-state index contributed by atoms with van der Waals surface area (Å²) in [7, 11) is 0. The number of rotatable bonds is 2. The van der Waals surface area contributed by atoms with Gasteiger partial charge in [-0.1, -0.05) is 47.7 Å². The van der Waals surface area contributed by atoms with E-state index < -0.39 is 0 Å². The third kappa shape index (κ3) is 3.62. The van der Waals surface area contributed by atoms with Gasteiger partial charge in [0.15, 0.2) is 0 Å². The zero-order chi connectivity index (χ0) is 17.1. The summed E-state index contributed by atoms with van der Waals surface area (Å²) in [6, 6.07) is 8.21. The quantitative estimate of drug-likeness (QED) is 0.502. The highest BCUT2D eigenvalue weighted by Crippen LogP contribution is 2.34. The smallest absolute Gasteiger partial charge is 0.0679 e. The van der Waals surface area contributed by atoms with E-state index in [0.29, 0.717) is 11.4 Å². The fourth-order valence-electron chi connectivity index (χ4n) is 3.19. The highest BCUT2D eigenvalue weighted by molar-refractivity contribution is 8.07. The molecule has 0 amide bonds. The maximum atomic E-state index is 8.59. The van der Waals surface area contributed by atoms with Crippen LogP contribution >= 0.6 is 11.8 Å². The summed E-state index contributed by atoms with van der Waals surface area (Å²) in [6.45, 7) is 4.32. The molecule has 0 atom stereocenters. The van der Waals surface area contributed by atoms with Gasteiger partial charge in [0.25, 0.3) is 0 Å². The Morgan fingerprint density at radius 2 is 1.92 bits per heavy atom. The molecule has 2 nitrogen and oxygen atoms in total. The first kappa shape index (κ1) is 17.0. The molecule has 0 radical (unpaired) electrons. The predicted octanol–water partition coefficient (Wildman–Crippen LogP) is 6.04. The van der Waals surface area contributed by atoms with Gasteiger partial charge in [-0.05, 0) is 68.1 Å². The molecule has 3 heteroatoms. The summed E-state index contributed by atoms with van der Waals surface area (Å²) < 4.78 is 0. The van der Waals surface area contributed by atoms with Crippen molar-refractivity contribution in [1.29, 1.82) is 10.8 Å². The lowest BCUT2D eigenvalue weighted by atomic mass is 9.98. The largest absolute Gasteiger partial charge is 0.300 e. The lowest BCUT2D eigenvalue weighted by Gasteiger charge is -2.10. The average molecular weight is 337 g/mol. The van der Waals surface area contributed by atoms with Gasteiger partial charge in [-0.2, -0.15) is 0 Å². The highest BCUT2D eigenvalue weighted by Gasteiger charge is 2.18. The van der Waals surface area contributed by atoms with E-state index in [1.807, 2.05) is 24.3 Å². The first-order valence-electron chi connectivity index (χ1n) is 8.57. The maximum absolute atomic E-state index is 8.59. The molecule has 0 fully saturated rings. The Morgan fingerprint density at radius 3 is 2.75 bits per heavy atom. The number of fused-ring (bicyclic) bond motifs is 1. The fraction of sp³-hybridized carbons (Fsp3) is 0.333. The molecule has 0 aromatic heterocycles. The maximum Gasteiger partial charge on any atom is 0.0679 e. The van der Waals surface area contributed by atoms with E-state index in [9.17, 15) is 0 Å². The van der Waals surface area contributed by atoms with Crippen LogP contribution in [0.2, 0.25) is 0 Å². The van der Waals surface area contributed by atoms with Gasteiger partial charge in [0, 0.05) is 10.5 Å². The van der Waals surface area contributed by atoms with Gasteiger partial charge >= 0.3 is 0 Å². The lowest BCUT2D eigenvalue weighted by molar-refractivity contribution is 0.840. The van der Waals surface area contributed by atoms with Crippen LogP contribution in [0, 0.1) is 10.8 Å². The molecular formula is C21H24N2S. The van der Waals surface area contributed by atoms with Crippen LogP contribution in [-0.2, 0) is 6.42 Å². The number of thioether (sulfide) groups is 1. The number of benzene rings is 1. The fourth-order valence-corrected chi connectivity index (χ4v) is 4.17. The van der Waals surface area contributed by atoms with E-state index >= 15 is 0 Å². The highest BCUT2D eigenvalue weighted by atomic mass is 32.2. The van der Waals surface area contributed by atoms with Crippen LogP contribution in [0.15, 0.2) is 57.4 Å². The van der Waals surface area contributed by atoms with E-state index in [2.05, 4.69) is 26.0 Å². The first-order chi connectivity index (χ1) is 11.6. The Balaban J connectivity index is 1.87. The molecule has 24 heavy (non-hydrogen) atoms. The van der Waals surface area contributed by atoms with E-state index in [4.69, 9.17) is 10.8 Å². The van der Waals surface area contributed by atoms with Crippen molar-refractivity contribution in [2.75, 3.05) is 0 Å². The summed E-state index contributed by atoms with van der Waals surface area (Å²) in [5.74, 6) is 0. The number of aryl methyl sites for hydroxylation is 1. The second kappa shape index (κ2) is 7.35. The van der Waals surface area contributed by atoms with E-state index in [0.717, 1.165) is 48.1 Å².